The first kappa shape index (κ1) is 15.5. The molecule has 0 bridgehead atoms. The fraction of sp³-hybridized carbons (Fsp3) is 0.438. The Balaban J connectivity index is 2.06. The molecule has 3 rings (SSSR count). The molecule has 1 aromatic rings. The maximum absolute atomic E-state index is 12.1. The molecule has 1 aromatic carbocycles. The summed E-state index contributed by atoms with van der Waals surface area (Å²) >= 11 is 5.63. The highest BCUT2D eigenvalue weighted by molar-refractivity contribution is 7.91. The number of benzene rings is 1. The number of sulfone groups is 1. The molecule has 2 heterocycles. The molecule has 4 nitrogen and oxygen atoms in total. The highest BCUT2D eigenvalue weighted by Gasteiger charge is 2.51. The molecular formula is C16H20N2O2S2. The minimum absolute atomic E-state index is 0.0729. The van der Waals surface area contributed by atoms with Crippen molar-refractivity contribution >= 4 is 32.9 Å². The summed E-state index contributed by atoms with van der Waals surface area (Å²) in [5, 5.41) is 0.704. The zero-order valence-electron chi connectivity index (χ0n) is 12.8. The molecule has 6 heteroatoms. The van der Waals surface area contributed by atoms with Crippen LogP contribution in [0.2, 0.25) is 0 Å². The first-order chi connectivity index (χ1) is 10.3. The summed E-state index contributed by atoms with van der Waals surface area (Å²) < 4.78 is 24.2. The minimum atomic E-state index is -3.02. The number of anilines is 1. The predicted molar refractivity (Wildman–Crippen MR) is 94.1 cm³/mol. The second kappa shape index (κ2) is 5.35. The number of aryl methyl sites for hydroxylation is 2. The van der Waals surface area contributed by atoms with Crippen molar-refractivity contribution < 1.29 is 8.42 Å². The van der Waals surface area contributed by atoms with Crippen molar-refractivity contribution in [2.45, 2.75) is 25.9 Å². The van der Waals surface area contributed by atoms with Gasteiger partial charge >= 0.3 is 0 Å². The monoisotopic (exact) mass is 336 g/mol. The Bertz CT molecular complexity index is 722. The van der Waals surface area contributed by atoms with E-state index >= 15 is 0 Å². The summed E-state index contributed by atoms with van der Waals surface area (Å²) in [5.41, 5.74) is 3.29. The molecule has 0 spiro atoms. The van der Waals surface area contributed by atoms with E-state index in [0.29, 0.717) is 11.7 Å². The Kier molecular flexibility index (Phi) is 3.77. The van der Waals surface area contributed by atoms with Gasteiger partial charge in [0.1, 0.15) is 0 Å². The molecule has 2 atom stereocenters. The fourth-order valence-electron chi connectivity index (χ4n) is 3.52. The van der Waals surface area contributed by atoms with Gasteiger partial charge in [0.05, 0.1) is 23.6 Å². The zero-order chi connectivity index (χ0) is 16.1. The van der Waals surface area contributed by atoms with Crippen molar-refractivity contribution in [3.05, 3.63) is 42.0 Å². The van der Waals surface area contributed by atoms with Crippen LogP contribution in [0.5, 0.6) is 0 Å². The summed E-state index contributed by atoms with van der Waals surface area (Å²) in [6, 6.07) is 6.07. The highest BCUT2D eigenvalue weighted by atomic mass is 32.2. The van der Waals surface area contributed by atoms with Gasteiger partial charge < -0.3 is 9.80 Å². The molecule has 2 fully saturated rings. The first-order valence-electron chi connectivity index (χ1n) is 7.32. The third-order valence-corrected chi connectivity index (χ3v) is 6.42. The van der Waals surface area contributed by atoms with Gasteiger partial charge in [-0.3, -0.25) is 0 Å². The Morgan fingerprint density at radius 1 is 1.23 bits per heavy atom. The fourth-order valence-corrected chi connectivity index (χ4v) is 5.92. The van der Waals surface area contributed by atoms with Crippen molar-refractivity contribution in [3.8, 4) is 0 Å². The van der Waals surface area contributed by atoms with Gasteiger partial charge in [-0.05, 0) is 49.3 Å². The standard InChI is InChI=1S/C16H20N2O2S2/c1-4-5-17-14-9-22(19,20)10-15(14)18(16(17)21)13-7-11(2)6-12(3)8-13/h4,6-8,14-15H,1,5,9-10H2,2-3H3/t14-,15+/m1/s1. The van der Waals surface area contributed by atoms with Crippen LogP contribution in [0.3, 0.4) is 0 Å². The van der Waals surface area contributed by atoms with Gasteiger partial charge in [0, 0.05) is 12.2 Å². The van der Waals surface area contributed by atoms with E-state index in [1.165, 1.54) is 0 Å². The quantitative estimate of drug-likeness (QED) is 0.624. The SMILES string of the molecule is C=CCN1C(=S)N(c2cc(C)cc(C)c2)[C@H]2CS(=O)(=O)C[C@H]21. The van der Waals surface area contributed by atoms with Gasteiger partial charge in [-0.1, -0.05) is 12.1 Å². The van der Waals surface area contributed by atoms with E-state index < -0.39 is 9.84 Å². The Labute approximate surface area is 137 Å². The summed E-state index contributed by atoms with van der Waals surface area (Å²) in [6.07, 6.45) is 1.78. The highest BCUT2D eigenvalue weighted by Crippen LogP contribution is 2.35. The van der Waals surface area contributed by atoms with E-state index in [1.807, 2.05) is 23.6 Å². The molecule has 22 heavy (non-hydrogen) atoms. The topological polar surface area (TPSA) is 40.6 Å². The first-order valence-corrected chi connectivity index (χ1v) is 9.55. The molecule has 0 radical (unpaired) electrons. The second-order valence-electron chi connectivity index (χ2n) is 6.15. The van der Waals surface area contributed by atoms with Gasteiger partial charge in [-0.2, -0.15) is 0 Å². The lowest BCUT2D eigenvalue weighted by Crippen LogP contribution is -2.37. The van der Waals surface area contributed by atoms with Crippen molar-refractivity contribution in [1.29, 1.82) is 0 Å². The second-order valence-corrected chi connectivity index (χ2v) is 8.67. The van der Waals surface area contributed by atoms with Gasteiger partial charge in [0.2, 0.25) is 0 Å². The van der Waals surface area contributed by atoms with Crippen LogP contribution in [-0.2, 0) is 9.84 Å². The van der Waals surface area contributed by atoms with Gasteiger partial charge in [-0.15, -0.1) is 6.58 Å². The number of thiocarbonyl (C=S) groups is 1. The van der Waals surface area contributed by atoms with Crippen molar-refractivity contribution in [1.82, 2.24) is 4.90 Å². The maximum atomic E-state index is 12.1. The lowest BCUT2D eigenvalue weighted by atomic mass is 10.1. The predicted octanol–water partition coefficient (Wildman–Crippen LogP) is 2.06. The van der Waals surface area contributed by atoms with Gasteiger partial charge in [0.25, 0.3) is 0 Å². The van der Waals surface area contributed by atoms with E-state index in [1.54, 1.807) is 6.08 Å². The lowest BCUT2D eigenvalue weighted by molar-refractivity contribution is 0.389. The number of rotatable bonds is 3. The molecule has 0 saturated carbocycles. The van der Waals surface area contributed by atoms with Crippen LogP contribution in [0.25, 0.3) is 0 Å². The Morgan fingerprint density at radius 2 is 1.82 bits per heavy atom. The Morgan fingerprint density at radius 3 is 2.41 bits per heavy atom. The Hall–Kier alpha value is -1.40. The van der Waals surface area contributed by atoms with Crippen LogP contribution in [0.1, 0.15) is 11.1 Å². The third-order valence-electron chi connectivity index (χ3n) is 4.29. The summed E-state index contributed by atoms with van der Waals surface area (Å²) in [5.74, 6) is 0.339. The van der Waals surface area contributed by atoms with Crippen LogP contribution >= 0.6 is 12.2 Å². The third kappa shape index (κ3) is 2.54. The van der Waals surface area contributed by atoms with Crippen LogP contribution < -0.4 is 4.90 Å². The lowest BCUT2D eigenvalue weighted by Gasteiger charge is -2.25. The van der Waals surface area contributed by atoms with E-state index in [9.17, 15) is 8.42 Å². The van der Waals surface area contributed by atoms with Crippen LogP contribution in [-0.4, -0.2) is 48.6 Å². The normalized spacial score (nSPS) is 26.4. The van der Waals surface area contributed by atoms with Crippen molar-refractivity contribution in [2.24, 2.45) is 0 Å². The minimum Gasteiger partial charge on any atom is -0.339 e. The summed E-state index contributed by atoms with van der Waals surface area (Å²) in [4.78, 5) is 4.02. The van der Waals surface area contributed by atoms with E-state index in [4.69, 9.17) is 12.2 Å². The summed E-state index contributed by atoms with van der Waals surface area (Å²) in [7, 11) is -3.02. The molecule has 118 valence electrons. The number of hydrogen-bond donors (Lipinski definition) is 0. The molecule has 2 aliphatic rings. The van der Waals surface area contributed by atoms with Gasteiger partial charge in [-0.25, -0.2) is 8.42 Å². The maximum Gasteiger partial charge on any atom is 0.177 e. The molecule has 0 amide bonds. The smallest absolute Gasteiger partial charge is 0.177 e. The average molecular weight is 336 g/mol. The van der Waals surface area contributed by atoms with Gasteiger partial charge in [0.15, 0.2) is 14.9 Å². The molecule has 0 N–H and O–H groups in total. The van der Waals surface area contributed by atoms with Crippen molar-refractivity contribution in [3.63, 3.8) is 0 Å². The largest absolute Gasteiger partial charge is 0.339 e. The van der Waals surface area contributed by atoms with Crippen LogP contribution in [0, 0.1) is 13.8 Å². The van der Waals surface area contributed by atoms with E-state index in [0.717, 1.165) is 16.8 Å². The molecule has 0 aromatic heterocycles. The van der Waals surface area contributed by atoms with E-state index in [-0.39, 0.29) is 23.6 Å². The number of nitrogens with zero attached hydrogens (tertiary/aromatic N) is 2. The van der Waals surface area contributed by atoms with Crippen molar-refractivity contribution in [2.75, 3.05) is 23.0 Å². The molecule has 2 aliphatic heterocycles. The molecule has 0 unspecified atom stereocenters. The zero-order valence-corrected chi connectivity index (χ0v) is 14.5. The van der Waals surface area contributed by atoms with E-state index in [2.05, 4.69) is 24.8 Å². The van der Waals surface area contributed by atoms with Crippen LogP contribution in [0.15, 0.2) is 30.9 Å². The number of hydrogen-bond acceptors (Lipinski definition) is 3. The van der Waals surface area contributed by atoms with Crippen LogP contribution in [0.4, 0.5) is 5.69 Å². The molecular weight excluding hydrogens is 316 g/mol. The molecule has 0 aliphatic carbocycles. The summed E-state index contributed by atoms with van der Waals surface area (Å²) in [6.45, 7) is 8.43. The average Bonchev–Trinajstić information content (AvgIpc) is 2.81. The number of fused-ring (bicyclic) bond motifs is 1. The molecule has 2 saturated heterocycles.